The normalized spacial score (nSPS) is 13.8. The Bertz CT molecular complexity index is 126. The van der Waals surface area contributed by atoms with Crippen LogP contribution in [-0.2, 0) is 4.74 Å². The summed E-state index contributed by atoms with van der Waals surface area (Å²) in [6.45, 7) is 9.39. The number of ether oxygens (including phenoxy) is 1. The summed E-state index contributed by atoms with van der Waals surface area (Å²) < 4.78 is 5.65. The van der Waals surface area contributed by atoms with Gasteiger partial charge in [0.25, 0.3) is 0 Å². The first-order valence-corrected chi connectivity index (χ1v) is 6.06. The van der Waals surface area contributed by atoms with E-state index in [1.807, 2.05) is 0 Å². The Kier molecular flexibility index (Phi) is 9.06. The van der Waals surface area contributed by atoms with Crippen molar-refractivity contribution < 1.29 is 4.74 Å². The number of hydrogen-bond donors (Lipinski definition) is 1. The highest BCUT2D eigenvalue weighted by Crippen LogP contribution is 1.98. The highest BCUT2D eigenvalue weighted by molar-refractivity contribution is 4.67. The van der Waals surface area contributed by atoms with Crippen molar-refractivity contribution in [3.63, 3.8) is 0 Å². The molecule has 0 aromatic carbocycles. The first-order valence-electron chi connectivity index (χ1n) is 6.06. The van der Waals surface area contributed by atoms with Crippen LogP contribution in [0.5, 0.6) is 0 Å². The molecule has 1 unspecified atom stereocenters. The lowest BCUT2D eigenvalue weighted by Crippen LogP contribution is -2.37. The molecule has 0 bridgehead atoms. The fraction of sp³-hybridized carbons (Fsp3) is 1.00. The van der Waals surface area contributed by atoms with Crippen molar-refractivity contribution in [3.8, 4) is 0 Å². The van der Waals surface area contributed by atoms with Gasteiger partial charge >= 0.3 is 0 Å². The molecule has 0 spiro atoms. The van der Waals surface area contributed by atoms with Crippen LogP contribution in [0.15, 0.2) is 0 Å². The molecule has 3 nitrogen and oxygen atoms in total. The minimum atomic E-state index is 0.329. The van der Waals surface area contributed by atoms with Gasteiger partial charge in [0.2, 0.25) is 0 Å². The molecule has 0 aromatic rings. The summed E-state index contributed by atoms with van der Waals surface area (Å²) in [7, 11) is 4.22. The smallest absolute Gasteiger partial charge is 0.0623 e. The Hall–Kier alpha value is -0.120. The summed E-state index contributed by atoms with van der Waals surface area (Å²) in [5.41, 5.74) is 0. The molecule has 92 valence electrons. The van der Waals surface area contributed by atoms with Crippen molar-refractivity contribution in [1.29, 1.82) is 0 Å². The van der Waals surface area contributed by atoms with Crippen LogP contribution < -0.4 is 5.32 Å². The van der Waals surface area contributed by atoms with Crippen LogP contribution in [0.2, 0.25) is 0 Å². The first-order chi connectivity index (χ1) is 7.06. The van der Waals surface area contributed by atoms with E-state index in [0.29, 0.717) is 12.1 Å². The molecule has 0 aromatic heterocycles. The molecule has 0 aliphatic rings. The molecule has 0 aliphatic heterocycles. The maximum atomic E-state index is 5.65. The summed E-state index contributed by atoms with van der Waals surface area (Å²) in [4.78, 5) is 2.22. The maximum Gasteiger partial charge on any atom is 0.0623 e. The van der Waals surface area contributed by atoms with Gasteiger partial charge in [-0.25, -0.2) is 0 Å². The van der Waals surface area contributed by atoms with Crippen LogP contribution in [0.4, 0.5) is 0 Å². The summed E-state index contributed by atoms with van der Waals surface area (Å²) in [5, 5.41) is 3.53. The summed E-state index contributed by atoms with van der Waals surface area (Å²) in [5.74, 6) is 0. The third-order valence-electron chi connectivity index (χ3n) is 2.24. The first kappa shape index (κ1) is 14.9. The predicted octanol–water partition coefficient (Wildman–Crippen LogP) is 1.73. The molecule has 0 radical (unpaired) electrons. The fourth-order valence-electron chi connectivity index (χ4n) is 1.32. The minimum Gasteiger partial charge on any atom is -0.377 e. The second kappa shape index (κ2) is 9.13. The lowest BCUT2D eigenvalue weighted by molar-refractivity contribution is 0.0581. The Balaban J connectivity index is 3.73. The van der Waals surface area contributed by atoms with E-state index in [2.05, 4.69) is 45.1 Å². The second-order valence-corrected chi connectivity index (χ2v) is 4.63. The maximum absolute atomic E-state index is 5.65. The zero-order valence-electron chi connectivity index (χ0n) is 11.0. The molecule has 0 aliphatic carbocycles. The van der Waals surface area contributed by atoms with Gasteiger partial charge in [0, 0.05) is 6.04 Å². The van der Waals surface area contributed by atoms with Crippen LogP contribution in [0.1, 0.15) is 33.6 Å². The Morgan fingerprint density at radius 3 is 2.40 bits per heavy atom. The topological polar surface area (TPSA) is 24.5 Å². The van der Waals surface area contributed by atoms with Gasteiger partial charge in [0.1, 0.15) is 0 Å². The standard InChI is InChI=1S/C12H28N2O/c1-6-8-13-12(7-9-14(4)5)10-15-11(2)3/h11-13H,6-10H2,1-5H3. The van der Waals surface area contributed by atoms with Crippen LogP contribution in [0.3, 0.4) is 0 Å². The van der Waals surface area contributed by atoms with Gasteiger partial charge in [0.15, 0.2) is 0 Å². The van der Waals surface area contributed by atoms with Gasteiger partial charge in [-0.2, -0.15) is 0 Å². The van der Waals surface area contributed by atoms with Crippen LogP contribution >= 0.6 is 0 Å². The fourth-order valence-corrected chi connectivity index (χ4v) is 1.32. The average Bonchev–Trinajstić information content (AvgIpc) is 2.16. The van der Waals surface area contributed by atoms with E-state index >= 15 is 0 Å². The zero-order chi connectivity index (χ0) is 11.7. The Labute approximate surface area is 95.2 Å². The van der Waals surface area contributed by atoms with Gasteiger partial charge in [0.05, 0.1) is 12.7 Å². The molecular weight excluding hydrogens is 188 g/mol. The van der Waals surface area contributed by atoms with E-state index in [0.717, 1.165) is 26.1 Å². The van der Waals surface area contributed by atoms with Gasteiger partial charge in [-0.15, -0.1) is 0 Å². The molecule has 0 rings (SSSR count). The SMILES string of the molecule is CCCNC(CCN(C)C)COC(C)C. The number of rotatable bonds is 9. The summed E-state index contributed by atoms with van der Waals surface area (Å²) >= 11 is 0. The quantitative estimate of drug-likeness (QED) is 0.635. The summed E-state index contributed by atoms with van der Waals surface area (Å²) in [6.07, 6.45) is 2.66. The Morgan fingerprint density at radius 1 is 1.27 bits per heavy atom. The molecule has 0 amide bonds. The Morgan fingerprint density at radius 2 is 1.93 bits per heavy atom. The molecule has 15 heavy (non-hydrogen) atoms. The highest BCUT2D eigenvalue weighted by Gasteiger charge is 2.09. The van der Waals surface area contributed by atoms with Crippen molar-refractivity contribution in [2.75, 3.05) is 33.8 Å². The van der Waals surface area contributed by atoms with E-state index < -0.39 is 0 Å². The van der Waals surface area contributed by atoms with E-state index in [-0.39, 0.29) is 0 Å². The largest absolute Gasteiger partial charge is 0.377 e. The molecule has 1 atom stereocenters. The molecule has 0 saturated heterocycles. The van der Waals surface area contributed by atoms with Crippen molar-refractivity contribution in [1.82, 2.24) is 10.2 Å². The lowest BCUT2D eigenvalue weighted by atomic mass is 10.2. The van der Waals surface area contributed by atoms with Gasteiger partial charge in [-0.05, 0) is 53.9 Å². The van der Waals surface area contributed by atoms with Crippen molar-refractivity contribution in [2.45, 2.75) is 45.8 Å². The van der Waals surface area contributed by atoms with Gasteiger partial charge in [-0.3, -0.25) is 0 Å². The number of nitrogens with one attached hydrogen (secondary N) is 1. The van der Waals surface area contributed by atoms with Gasteiger partial charge in [-0.1, -0.05) is 6.92 Å². The van der Waals surface area contributed by atoms with Crippen LogP contribution in [0.25, 0.3) is 0 Å². The highest BCUT2D eigenvalue weighted by atomic mass is 16.5. The number of hydrogen-bond acceptors (Lipinski definition) is 3. The van der Waals surface area contributed by atoms with Crippen molar-refractivity contribution in [2.24, 2.45) is 0 Å². The third-order valence-corrected chi connectivity index (χ3v) is 2.24. The molecule has 0 fully saturated rings. The molecule has 0 saturated carbocycles. The van der Waals surface area contributed by atoms with Crippen LogP contribution in [-0.4, -0.2) is 50.8 Å². The van der Waals surface area contributed by atoms with E-state index in [1.165, 1.54) is 6.42 Å². The molecule has 3 heteroatoms. The monoisotopic (exact) mass is 216 g/mol. The molecule has 1 N–H and O–H groups in total. The van der Waals surface area contributed by atoms with E-state index in [9.17, 15) is 0 Å². The lowest BCUT2D eigenvalue weighted by Gasteiger charge is -2.21. The predicted molar refractivity (Wildman–Crippen MR) is 66.3 cm³/mol. The van der Waals surface area contributed by atoms with Crippen molar-refractivity contribution >= 4 is 0 Å². The third kappa shape index (κ3) is 10.2. The summed E-state index contributed by atoms with van der Waals surface area (Å²) in [6, 6.07) is 0.495. The molecular formula is C12H28N2O. The van der Waals surface area contributed by atoms with E-state index in [1.54, 1.807) is 0 Å². The van der Waals surface area contributed by atoms with Gasteiger partial charge < -0.3 is 15.0 Å². The van der Waals surface area contributed by atoms with E-state index in [4.69, 9.17) is 4.74 Å². The van der Waals surface area contributed by atoms with Crippen LogP contribution in [0, 0.1) is 0 Å². The number of nitrogens with zero attached hydrogens (tertiary/aromatic N) is 1. The average molecular weight is 216 g/mol. The van der Waals surface area contributed by atoms with Crippen molar-refractivity contribution in [3.05, 3.63) is 0 Å². The minimum absolute atomic E-state index is 0.329. The zero-order valence-corrected chi connectivity index (χ0v) is 11.0. The second-order valence-electron chi connectivity index (χ2n) is 4.63. The molecule has 0 heterocycles.